The number of nitrogens with two attached hydrogens (primary N) is 1. The quantitative estimate of drug-likeness (QED) is 0.530. The summed E-state index contributed by atoms with van der Waals surface area (Å²) >= 11 is 0. The molecule has 3 heteroatoms. The third-order valence-corrected chi connectivity index (χ3v) is 3.87. The lowest BCUT2D eigenvalue weighted by Crippen LogP contribution is -2.74. The highest BCUT2D eigenvalue weighted by atomic mass is 15.4. The molecule has 0 spiro atoms. The molecule has 3 atom stereocenters. The Morgan fingerprint density at radius 2 is 1.83 bits per heavy atom. The van der Waals surface area contributed by atoms with Gasteiger partial charge in [0.2, 0.25) is 0 Å². The molecule has 4 fully saturated rings. The Labute approximate surface area is 73.5 Å². The topological polar surface area (TPSA) is 32.5 Å². The van der Waals surface area contributed by atoms with Crippen LogP contribution in [0.4, 0.5) is 0 Å². The van der Waals surface area contributed by atoms with Crippen LogP contribution in [0.1, 0.15) is 6.92 Å². The monoisotopic (exact) mass is 167 g/mol. The van der Waals surface area contributed by atoms with Crippen LogP contribution in [0.2, 0.25) is 0 Å². The van der Waals surface area contributed by atoms with Gasteiger partial charge in [-0.2, -0.15) is 0 Å². The standard InChI is InChI=1S/C9H17N3/c1-9-4-11-2-7(8(9)10)3-12(5-9)6-11/h7-8H,2-6,10H2,1H3. The minimum atomic E-state index is 0.388. The Kier molecular flexibility index (Phi) is 1.23. The lowest BCUT2D eigenvalue weighted by atomic mass is 9.68. The maximum atomic E-state index is 6.25. The number of hydrogen-bond acceptors (Lipinski definition) is 3. The highest BCUT2D eigenvalue weighted by Crippen LogP contribution is 2.40. The minimum absolute atomic E-state index is 0.388. The van der Waals surface area contributed by atoms with E-state index in [0.29, 0.717) is 11.5 Å². The second-order valence-corrected chi connectivity index (χ2v) is 5.10. The molecule has 0 saturated carbocycles. The van der Waals surface area contributed by atoms with Crippen LogP contribution < -0.4 is 5.73 Å². The first kappa shape index (κ1) is 7.30. The second kappa shape index (κ2) is 2.03. The van der Waals surface area contributed by atoms with Gasteiger partial charge in [0.25, 0.3) is 0 Å². The molecule has 12 heavy (non-hydrogen) atoms. The van der Waals surface area contributed by atoms with Gasteiger partial charge < -0.3 is 5.73 Å². The molecule has 4 saturated heterocycles. The minimum Gasteiger partial charge on any atom is -0.327 e. The van der Waals surface area contributed by atoms with Crippen molar-refractivity contribution < 1.29 is 0 Å². The van der Waals surface area contributed by atoms with Gasteiger partial charge >= 0.3 is 0 Å². The predicted molar refractivity (Wildman–Crippen MR) is 47.6 cm³/mol. The number of piperidine rings is 2. The van der Waals surface area contributed by atoms with E-state index in [9.17, 15) is 0 Å². The van der Waals surface area contributed by atoms with Gasteiger partial charge in [-0.05, 0) is 0 Å². The van der Waals surface area contributed by atoms with Crippen molar-refractivity contribution in [2.24, 2.45) is 17.1 Å². The summed E-state index contributed by atoms with van der Waals surface area (Å²) in [6, 6.07) is 0.449. The van der Waals surface area contributed by atoms with E-state index in [-0.39, 0.29) is 0 Å². The Hall–Kier alpha value is -0.120. The van der Waals surface area contributed by atoms with Gasteiger partial charge in [0.1, 0.15) is 0 Å². The normalized spacial score (nSPS) is 62.5. The third-order valence-electron chi connectivity index (χ3n) is 3.87. The largest absolute Gasteiger partial charge is 0.327 e. The Balaban J connectivity index is 1.97. The molecular formula is C9H17N3. The summed E-state index contributed by atoms with van der Waals surface area (Å²) in [5, 5.41) is 0. The maximum absolute atomic E-state index is 6.25. The average Bonchev–Trinajstić information content (AvgIpc) is 1.98. The molecule has 0 aromatic rings. The van der Waals surface area contributed by atoms with Crippen LogP contribution >= 0.6 is 0 Å². The van der Waals surface area contributed by atoms with Gasteiger partial charge in [-0.1, -0.05) is 6.92 Å². The van der Waals surface area contributed by atoms with Crippen LogP contribution in [0, 0.1) is 11.3 Å². The first-order valence-electron chi connectivity index (χ1n) is 4.88. The SMILES string of the molecule is CC12CN3CC(CN(C3)C1)C2N. The van der Waals surface area contributed by atoms with Gasteiger partial charge in [-0.25, -0.2) is 0 Å². The second-order valence-electron chi connectivity index (χ2n) is 5.10. The molecule has 3 unspecified atom stereocenters. The van der Waals surface area contributed by atoms with Crippen LogP contribution in [0.3, 0.4) is 0 Å². The molecule has 0 amide bonds. The van der Waals surface area contributed by atoms with E-state index >= 15 is 0 Å². The van der Waals surface area contributed by atoms with Crippen molar-refractivity contribution in [2.75, 3.05) is 32.8 Å². The van der Waals surface area contributed by atoms with E-state index in [4.69, 9.17) is 5.73 Å². The fraction of sp³-hybridized carbons (Fsp3) is 1.00. The highest BCUT2D eigenvalue weighted by Gasteiger charge is 2.51. The summed E-state index contributed by atoms with van der Waals surface area (Å²) in [5.74, 6) is 0.742. The number of nitrogens with zero attached hydrogens (tertiary/aromatic N) is 2. The average molecular weight is 167 g/mol. The molecule has 0 radical (unpaired) electrons. The summed E-state index contributed by atoms with van der Waals surface area (Å²) in [4.78, 5) is 5.11. The third kappa shape index (κ3) is 0.767. The summed E-state index contributed by atoms with van der Waals surface area (Å²) in [5.41, 5.74) is 6.64. The van der Waals surface area contributed by atoms with Gasteiger partial charge in [0.05, 0.1) is 6.67 Å². The molecule has 4 aliphatic rings. The Bertz CT molecular complexity index is 202. The molecule has 2 N–H and O–H groups in total. The molecular weight excluding hydrogens is 150 g/mol. The zero-order valence-corrected chi connectivity index (χ0v) is 7.66. The van der Waals surface area contributed by atoms with E-state index in [2.05, 4.69) is 16.7 Å². The van der Waals surface area contributed by atoms with Crippen LogP contribution in [-0.2, 0) is 0 Å². The Morgan fingerprint density at radius 1 is 1.25 bits per heavy atom. The van der Waals surface area contributed by atoms with E-state index in [1.807, 2.05) is 0 Å². The van der Waals surface area contributed by atoms with Crippen molar-refractivity contribution in [1.82, 2.24) is 9.80 Å². The predicted octanol–water partition coefficient (Wildman–Crippen LogP) is -0.461. The summed E-state index contributed by atoms with van der Waals surface area (Å²) < 4.78 is 0. The molecule has 0 aliphatic carbocycles. The lowest BCUT2D eigenvalue weighted by molar-refractivity contribution is -0.126. The number of rotatable bonds is 0. The molecule has 68 valence electrons. The Morgan fingerprint density at radius 3 is 2.33 bits per heavy atom. The van der Waals surface area contributed by atoms with Crippen molar-refractivity contribution in [3.63, 3.8) is 0 Å². The van der Waals surface area contributed by atoms with Gasteiger partial charge in [0.15, 0.2) is 0 Å². The molecule has 4 aliphatic heterocycles. The van der Waals surface area contributed by atoms with Crippen molar-refractivity contribution >= 4 is 0 Å². The van der Waals surface area contributed by atoms with Crippen molar-refractivity contribution in [3.05, 3.63) is 0 Å². The van der Waals surface area contributed by atoms with Crippen LogP contribution in [-0.4, -0.2) is 48.7 Å². The van der Waals surface area contributed by atoms with Crippen molar-refractivity contribution in [2.45, 2.75) is 13.0 Å². The smallest absolute Gasteiger partial charge is 0.0506 e. The van der Waals surface area contributed by atoms with Gasteiger partial charge in [-0.15, -0.1) is 0 Å². The van der Waals surface area contributed by atoms with E-state index in [0.717, 1.165) is 5.92 Å². The van der Waals surface area contributed by atoms with Crippen molar-refractivity contribution in [1.29, 1.82) is 0 Å². The highest BCUT2D eigenvalue weighted by molar-refractivity contribution is 5.06. The first-order valence-corrected chi connectivity index (χ1v) is 4.88. The van der Waals surface area contributed by atoms with Gasteiger partial charge in [0, 0.05) is 43.6 Å². The zero-order valence-electron chi connectivity index (χ0n) is 7.66. The van der Waals surface area contributed by atoms with Crippen LogP contribution in [0.5, 0.6) is 0 Å². The first-order chi connectivity index (χ1) is 5.67. The summed E-state index contributed by atoms with van der Waals surface area (Å²) in [7, 11) is 0. The van der Waals surface area contributed by atoms with Gasteiger partial charge in [-0.3, -0.25) is 9.80 Å². The van der Waals surface area contributed by atoms with Crippen LogP contribution in [0.15, 0.2) is 0 Å². The maximum Gasteiger partial charge on any atom is 0.0506 e. The van der Waals surface area contributed by atoms with Crippen molar-refractivity contribution in [3.8, 4) is 0 Å². The fourth-order valence-corrected chi connectivity index (χ4v) is 3.43. The lowest BCUT2D eigenvalue weighted by Gasteiger charge is -2.61. The van der Waals surface area contributed by atoms with Crippen LogP contribution in [0.25, 0.3) is 0 Å². The molecule has 0 aromatic heterocycles. The molecule has 0 aromatic carbocycles. The molecule has 4 bridgehead atoms. The molecule has 4 heterocycles. The molecule has 3 nitrogen and oxygen atoms in total. The summed E-state index contributed by atoms with van der Waals surface area (Å²) in [6.07, 6.45) is 0. The zero-order chi connectivity index (χ0) is 8.34. The van der Waals surface area contributed by atoms with E-state index < -0.39 is 0 Å². The number of hydrogen-bond donors (Lipinski definition) is 1. The fourth-order valence-electron chi connectivity index (χ4n) is 3.43. The molecule has 4 rings (SSSR count). The van der Waals surface area contributed by atoms with E-state index in [1.165, 1.54) is 32.8 Å². The summed E-state index contributed by atoms with van der Waals surface area (Å²) in [6.45, 7) is 8.48. The van der Waals surface area contributed by atoms with E-state index in [1.54, 1.807) is 0 Å².